The number of nitrogens with zero attached hydrogens (tertiary/aromatic N) is 1. The summed E-state index contributed by atoms with van der Waals surface area (Å²) in [7, 11) is 0. The molecule has 2 N–H and O–H groups in total. The van der Waals surface area contributed by atoms with Crippen LogP contribution in [0.25, 0.3) is 0 Å². The Kier molecular flexibility index (Phi) is 8.41. The third kappa shape index (κ3) is 7.58. The van der Waals surface area contributed by atoms with Gasteiger partial charge in [-0.25, -0.2) is 9.18 Å². The van der Waals surface area contributed by atoms with E-state index in [0.717, 1.165) is 12.1 Å². The first-order valence-corrected chi connectivity index (χ1v) is 9.71. The predicted octanol–water partition coefficient (Wildman–Crippen LogP) is 5.07. The van der Waals surface area contributed by atoms with Crippen LogP contribution in [0.3, 0.4) is 0 Å². The summed E-state index contributed by atoms with van der Waals surface area (Å²) in [6.45, 7) is 2.14. The van der Waals surface area contributed by atoms with Crippen LogP contribution in [0.15, 0.2) is 54.6 Å². The molecule has 1 heterocycles. The molecular formula is C22H24F4N2O3. The van der Waals surface area contributed by atoms with Crippen LogP contribution < -0.4 is 5.73 Å². The first-order chi connectivity index (χ1) is 14.6. The smallest absolute Gasteiger partial charge is 0.416 e. The molecule has 0 aromatic heterocycles. The predicted molar refractivity (Wildman–Crippen MR) is 106 cm³/mol. The van der Waals surface area contributed by atoms with E-state index in [0.29, 0.717) is 24.9 Å². The van der Waals surface area contributed by atoms with Crippen molar-refractivity contribution in [3.05, 3.63) is 71.5 Å². The minimum absolute atomic E-state index is 0.145. The van der Waals surface area contributed by atoms with Crippen molar-refractivity contribution >= 4 is 12.0 Å². The lowest BCUT2D eigenvalue weighted by atomic mass is 10.0. The lowest BCUT2D eigenvalue weighted by molar-refractivity contribution is -0.137. The van der Waals surface area contributed by atoms with Crippen LogP contribution in [0.2, 0.25) is 0 Å². The van der Waals surface area contributed by atoms with Gasteiger partial charge in [-0.05, 0) is 43.2 Å². The van der Waals surface area contributed by atoms with E-state index in [1.54, 1.807) is 25.1 Å². The van der Waals surface area contributed by atoms with E-state index in [9.17, 15) is 27.2 Å². The molecule has 3 rings (SSSR count). The Balaban J connectivity index is 0.000000412. The lowest BCUT2D eigenvalue weighted by Gasteiger charge is -2.35. The molecule has 31 heavy (non-hydrogen) atoms. The van der Waals surface area contributed by atoms with Gasteiger partial charge in [0.05, 0.1) is 11.6 Å². The zero-order valence-electron chi connectivity index (χ0n) is 16.9. The molecule has 1 saturated heterocycles. The van der Waals surface area contributed by atoms with Gasteiger partial charge in [-0.2, -0.15) is 13.2 Å². The molecule has 2 unspecified atom stereocenters. The Morgan fingerprint density at radius 1 is 1.16 bits per heavy atom. The third-order valence-electron chi connectivity index (χ3n) is 4.83. The summed E-state index contributed by atoms with van der Waals surface area (Å²) in [6, 6.07) is 12.2. The number of primary amides is 1. The van der Waals surface area contributed by atoms with Crippen LogP contribution in [-0.4, -0.2) is 29.5 Å². The number of ether oxygens (including phenoxy) is 1. The number of cyclic esters (lactones) is 1. The number of hydrogen-bond donors (Lipinski definition) is 1. The summed E-state index contributed by atoms with van der Waals surface area (Å²) in [5, 5.41) is 0. The Hall–Kier alpha value is -3.10. The Bertz CT molecular complexity index is 857. The molecule has 2 atom stereocenters. The topological polar surface area (TPSA) is 72.6 Å². The second-order valence-electron chi connectivity index (χ2n) is 7.08. The summed E-state index contributed by atoms with van der Waals surface area (Å²) in [5.41, 5.74) is 4.93. The molecule has 1 aliphatic rings. The number of rotatable bonds is 5. The highest BCUT2D eigenvalue weighted by Gasteiger charge is 2.33. The van der Waals surface area contributed by atoms with Crippen LogP contribution in [0.4, 0.5) is 22.4 Å². The number of benzene rings is 2. The van der Waals surface area contributed by atoms with Gasteiger partial charge in [0.2, 0.25) is 5.91 Å². The molecule has 0 bridgehead atoms. The van der Waals surface area contributed by atoms with E-state index in [4.69, 9.17) is 10.5 Å². The summed E-state index contributed by atoms with van der Waals surface area (Å²) in [5.74, 6) is -0.630. The molecular weight excluding hydrogens is 416 g/mol. The Labute approximate surface area is 177 Å². The lowest BCUT2D eigenvalue weighted by Crippen LogP contribution is -2.43. The SMILES string of the molecule is CC(c1ccc(C(F)(F)F)cc1)N1CCC(CCC(N)=O)OC1=O.Fc1ccccc1. The first-order valence-electron chi connectivity index (χ1n) is 9.71. The van der Waals surface area contributed by atoms with Gasteiger partial charge >= 0.3 is 12.3 Å². The zero-order chi connectivity index (χ0) is 23.0. The van der Waals surface area contributed by atoms with Crippen molar-refractivity contribution < 1.29 is 31.9 Å². The standard InChI is InChI=1S/C16H19F3N2O3.C6H5F/c1-10(11-2-4-12(5-3-11)16(17,18)19)21-9-8-13(24-15(21)23)6-7-14(20)22;7-6-4-2-1-3-5-6/h2-5,10,13H,6-9H2,1H3,(H2,20,22);1-5H. The van der Waals surface area contributed by atoms with Crippen molar-refractivity contribution in [1.29, 1.82) is 0 Å². The highest BCUT2D eigenvalue weighted by molar-refractivity contribution is 5.74. The molecule has 1 aliphatic heterocycles. The van der Waals surface area contributed by atoms with E-state index in [-0.39, 0.29) is 18.3 Å². The molecule has 0 aliphatic carbocycles. The zero-order valence-corrected chi connectivity index (χ0v) is 16.9. The second-order valence-corrected chi connectivity index (χ2v) is 7.08. The summed E-state index contributed by atoms with van der Waals surface area (Å²) >= 11 is 0. The van der Waals surface area contributed by atoms with Crippen molar-refractivity contribution in [3.63, 3.8) is 0 Å². The quantitative estimate of drug-likeness (QED) is 0.660. The number of carbonyl (C=O) groups excluding carboxylic acids is 2. The molecule has 0 spiro atoms. The van der Waals surface area contributed by atoms with E-state index in [1.807, 2.05) is 0 Å². The maximum Gasteiger partial charge on any atom is 0.416 e. The molecule has 5 nitrogen and oxygen atoms in total. The average Bonchev–Trinajstić information content (AvgIpc) is 2.72. The van der Waals surface area contributed by atoms with Crippen LogP contribution in [-0.2, 0) is 15.7 Å². The number of hydrogen-bond acceptors (Lipinski definition) is 3. The maximum atomic E-state index is 12.6. The van der Waals surface area contributed by atoms with Crippen molar-refractivity contribution in [2.24, 2.45) is 5.73 Å². The Morgan fingerprint density at radius 3 is 2.23 bits per heavy atom. The number of amides is 2. The largest absolute Gasteiger partial charge is 0.446 e. The molecule has 9 heteroatoms. The number of alkyl halides is 3. The van der Waals surface area contributed by atoms with Gasteiger partial charge in [-0.1, -0.05) is 30.3 Å². The van der Waals surface area contributed by atoms with Gasteiger partial charge < -0.3 is 15.4 Å². The number of nitrogens with two attached hydrogens (primary N) is 1. The normalized spacial score (nSPS) is 17.3. The fraction of sp³-hybridized carbons (Fsp3) is 0.364. The van der Waals surface area contributed by atoms with Gasteiger partial charge in [0.1, 0.15) is 11.9 Å². The van der Waals surface area contributed by atoms with Crippen molar-refractivity contribution in [1.82, 2.24) is 4.90 Å². The molecule has 2 amide bonds. The summed E-state index contributed by atoms with van der Waals surface area (Å²) < 4.78 is 55.0. The molecule has 0 radical (unpaired) electrons. The van der Waals surface area contributed by atoms with Gasteiger partial charge in [0.15, 0.2) is 0 Å². The minimum Gasteiger partial charge on any atom is -0.446 e. The van der Waals surface area contributed by atoms with E-state index < -0.39 is 29.8 Å². The number of halogens is 4. The van der Waals surface area contributed by atoms with E-state index >= 15 is 0 Å². The van der Waals surface area contributed by atoms with Gasteiger partial charge in [-0.15, -0.1) is 0 Å². The monoisotopic (exact) mass is 440 g/mol. The summed E-state index contributed by atoms with van der Waals surface area (Å²) in [4.78, 5) is 24.3. The van der Waals surface area contributed by atoms with Crippen LogP contribution in [0, 0.1) is 5.82 Å². The first kappa shape index (κ1) is 24.2. The highest BCUT2D eigenvalue weighted by atomic mass is 19.4. The minimum atomic E-state index is -4.39. The maximum absolute atomic E-state index is 12.6. The summed E-state index contributed by atoms with van der Waals surface area (Å²) in [6.07, 6.45) is -4.22. The number of carbonyl (C=O) groups is 2. The molecule has 0 saturated carbocycles. The van der Waals surface area contributed by atoms with Gasteiger partial charge in [-0.3, -0.25) is 4.79 Å². The van der Waals surface area contributed by atoms with Crippen molar-refractivity contribution in [2.45, 2.75) is 44.5 Å². The average molecular weight is 440 g/mol. The molecule has 2 aromatic rings. The van der Waals surface area contributed by atoms with Crippen LogP contribution in [0.1, 0.15) is 43.4 Å². The Morgan fingerprint density at radius 2 is 1.77 bits per heavy atom. The van der Waals surface area contributed by atoms with Crippen LogP contribution in [0.5, 0.6) is 0 Å². The molecule has 2 aromatic carbocycles. The van der Waals surface area contributed by atoms with E-state index in [1.165, 1.54) is 29.2 Å². The fourth-order valence-electron chi connectivity index (χ4n) is 3.05. The van der Waals surface area contributed by atoms with Crippen molar-refractivity contribution in [2.75, 3.05) is 6.54 Å². The van der Waals surface area contributed by atoms with Gasteiger partial charge in [0.25, 0.3) is 0 Å². The second kappa shape index (κ2) is 10.8. The van der Waals surface area contributed by atoms with E-state index in [2.05, 4.69) is 0 Å². The molecule has 1 fully saturated rings. The highest BCUT2D eigenvalue weighted by Crippen LogP contribution is 2.31. The third-order valence-corrected chi connectivity index (χ3v) is 4.83. The van der Waals surface area contributed by atoms with Crippen LogP contribution >= 0.6 is 0 Å². The molecule has 168 valence electrons. The van der Waals surface area contributed by atoms with Crippen molar-refractivity contribution in [3.8, 4) is 0 Å². The van der Waals surface area contributed by atoms with Gasteiger partial charge in [0, 0.05) is 19.4 Å². The fourth-order valence-corrected chi connectivity index (χ4v) is 3.05.